The van der Waals surface area contributed by atoms with Crippen LogP contribution >= 0.6 is 0 Å². The van der Waals surface area contributed by atoms with E-state index in [1.165, 1.54) is 5.56 Å². The molecule has 0 amide bonds. The average Bonchev–Trinajstić information content (AvgIpc) is 2.70. The fourth-order valence-electron chi connectivity index (χ4n) is 1.50. The van der Waals surface area contributed by atoms with E-state index in [1.54, 1.807) is 7.11 Å². The number of nitrogens with zero attached hydrogens (tertiary/aromatic N) is 2. The number of rotatable bonds is 6. The molecule has 0 saturated carbocycles. The lowest BCUT2D eigenvalue weighted by molar-refractivity contribution is 0.178. The van der Waals surface area contributed by atoms with E-state index in [1.807, 2.05) is 10.9 Å². The van der Waals surface area contributed by atoms with Crippen molar-refractivity contribution in [3.63, 3.8) is 0 Å². The van der Waals surface area contributed by atoms with Gasteiger partial charge in [0.15, 0.2) is 0 Å². The van der Waals surface area contributed by atoms with Crippen LogP contribution in [0.15, 0.2) is 12.4 Å². The number of hydrogen-bond acceptors (Lipinski definition) is 3. The maximum Gasteiger partial charge on any atom is 0.0534 e. The van der Waals surface area contributed by atoms with Gasteiger partial charge in [-0.2, -0.15) is 5.10 Å². The Labute approximate surface area is 104 Å². The summed E-state index contributed by atoms with van der Waals surface area (Å²) in [5, 5.41) is 7.85. The maximum atomic E-state index is 5.08. The van der Waals surface area contributed by atoms with Crippen LogP contribution in [-0.2, 0) is 11.3 Å². The van der Waals surface area contributed by atoms with Crippen molar-refractivity contribution in [3.8, 4) is 0 Å². The van der Waals surface area contributed by atoms with Gasteiger partial charge in [0.05, 0.1) is 12.2 Å². The molecule has 1 aromatic rings. The molecule has 4 heteroatoms. The summed E-state index contributed by atoms with van der Waals surface area (Å²) in [5.74, 6) is 0. The normalized spacial score (nSPS) is 13.9. The molecule has 0 radical (unpaired) electrons. The Kier molecular flexibility index (Phi) is 5.15. The molecular weight excluding hydrogens is 214 g/mol. The Bertz CT molecular complexity index is 328. The van der Waals surface area contributed by atoms with Crippen molar-refractivity contribution in [1.29, 1.82) is 0 Å². The van der Waals surface area contributed by atoms with E-state index in [4.69, 9.17) is 4.74 Å². The summed E-state index contributed by atoms with van der Waals surface area (Å²) in [6.45, 7) is 10.3. The minimum absolute atomic E-state index is 0.143. The third kappa shape index (κ3) is 5.33. The van der Waals surface area contributed by atoms with Crippen LogP contribution in [0.25, 0.3) is 0 Å². The lowest BCUT2D eigenvalue weighted by Gasteiger charge is -2.19. The first-order chi connectivity index (χ1) is 7.92. The summed E-state index contributed by atoms with van der Waals surface area (Å²) in [5.41, 5.74) is 1.37. The molecule has 17 heavy (non-hydrogen) atoms. The van der Waals surface area contributed by atoms with Crippen LogP contribution in [0, 0.1) is 0 Å². The van der Waals surface area contributed by atoms with Crippen molar-refractivity contribution in [3.05, 3.63) is 18.0 Å². The molecule has 0 aliphatic heterocycles. The standard InChI is InChI=1S/C13H25N3O/c1-11(6-7-17-5)16-10-12(9-15-16)8-14-13(2,3)4/h9-11,14H,6-8H2,1-5H3. The number of aromatic nitrogens is 2. The average molecular weight is 239 g/mol. The zero-order chi connectivity index (χ0) is 12.9. The van der Waals surface area contributed by atoms with Crippen LogP contribution in [0.3, 0.4) is 0 Å². The zero-order valence-electron chi connectivity index (χ0n) is 11.7. The molecule has 1 aromatic heterocycles. The largest absolute Gasteiger partial charge is 0.385 e. The van der Waals surface area contributed by atoms with E-state index >= 15 is 0 Å². The molecular formula is C13H25N3O. The first-order valence-electron chi connectivity index (χ1n) is 6.19. The minimum Gasteiger partial charge on any atom is -0.385 e. The van der Waals surface area contributed by atoms with Gasteiger partial charge in [-0.15, -0.1) is 0 Å². The molecule has 4 nitrogen and oxygen atoms in total. The molecule has 0 bridgehead atoms. The summed E-state index contributed by atoms with van der Waals surface area (Å²) in [6.07, 6.45) is 5.03. The Balaban J connectivity index is 2.47. The molecule has 0 spiro atoms. The van der Waals surface area contributed by atoms with Crippen LogP contribution < -0.4 is 5.32 Å². The topological polar surface area (TPSA) is 39.1 Å². The van der Waals surface area contributed by atoms with Gasteiger partial charge in [-0.3, -0.25) is 4.68 Å². The van der Waals surface area contributed by atoms with Crippen LogP contribution in [0.4, 0.5) is 0 Å². The molecule has 98 valence electrons. The molecule has 0 saturated heterocycles. The Hall–Kier alpha value is -0.870. The van der Waals surface area contributed by atoms with Gasteiger partial charge < -0.3 is 10.1 Å². The van der Waals surface area contributed by atoms with Crippen LogP contribution in [0.2, 0.25) is 0 Å². The fourth-order valence-corrected chi connectivity index (χ4v) is 1.50. The Morgan fingerprint density at radius 1 is 1.47 bits per heavy atom. The second-order valence-corrected chi connectivity index (χ2v) is 5.56. The van der Waals surface area contributed by atoms with E-state index < -0.39 is 0 Å². The molecule has 0 fully saturated rings. The first-order valence-corrected chi connectivity index (χ1v) is 6.19. The maximum absolute atomic E-state index is 5.08. The van der Waals surface area contributed by atoms with Crippen molar-refractivity contribution >= 4 is 0 Å². The van der Waals surface area contributed by atoms with Crippen molar-refractivity contribution in [2.75, 3.05) is 13.7 Å². The van der Waals surface area contributed by atoms with Gasteiger partial charge in [0.2, 0.25) is 0 Å². The van der Waals surface area contributed by atoms with E-state index in [9.17, 15) is 0 Å². The summed E-state index contributed by atoms with van der Waals surface area (Å²) in [6, 6.07) is 0.387. The van der Waals surface area contributed by atoms with E-state index in [0.29, 0.717) is 6.04 Å². The van der Waals surface area contributed by atoms with Gasteiger partial charge in [-0.05, 0) is 34.1 Å². The summed E-state index contributed by atoms with van der Waals surface area (Å²) < 4.78 is 7.09. The highest BCUT2D eigenvalue weighted by Gasteiger charge is 2.10. The highest BCUT2D eigenvalue weighted by Crippen LogP contribution is 2.11. The van der Waals surface area contributed by atoms with Gasteiger partial charge in [0.25, 0.3) is 0 Å². The lowest BCUT2D eigenvalue weighted by Crippen LogP contribution is -2.34. The molecule has 1 atom stereocenters. The predicted molar refractivity (Wildman–Crippen MR) is 70.0 cm³/mol. The highest BCUT2D eigenvalue weighted by molar-refractivity contribution is 5.04. The summed E-state index contributed by atoms with van der Waals surface area (Å²) in [4.78, 5) is 0. The second kappa shape index (κ2) is 6.17. The van der Waals surface area contributed by atoms with E-state index in [0.717, 1.165) is 19.6 Å². The first kappa shape index (κ1) is 14.2. The van der Waals surface area contributed by atoms with E-state index in [-0.39, 0.29) is 5.54 Å². The molecule has 0 aliphatic carbocycles. The Morgan fingerprint density at radius 2 is 2.18 bits per heavy atom. The van der Waals surface area contributed by atoms with Crippen LogP contribution in [-0.4, -0.2) is 29.0 Å². The molecule has 1 N–H and O–H groups in total. The van der Waals surface area contributed by atoms with Crippen molar-refractivity contribution < 1.29 is 4.74 Å². The summed E-state index contributed by atoms with van der Waals surface area (Å²) >= 11 is 0. The van der Waals surface area contributed by atoms with Gasteiger partial charge in [-0.1, -0.05) is 0 Å². The number of ether oxygens (including phenoxy) is 1. The number of methoxy groups -OCH3 is 1. The van der Waals surface area contributed by atoms with Crippen LogP contribution in [0.1, 0.15) is 45.7 Å². The fraction of sp³-hybridized carbons (Fsp3) is 0.769. The van der Waals surface area contributed by atoms with Gasteiger partial charge in [-0.25, -0.2) is 0 Å². The second-order valence-electron chi connectivity index (χ2n) is 5.56. The van der Waals surface area contributed by atoms with Gasteiger partial charge in [0.1, 0.15) is 0 Å². The van der Waals surface area contributed by atoms with E-state index in [2.05, 4.69) is 44.3 Å². The van der Waals surface area contributed by atoms with Gasteiger partial charge in [0, 0.05) is 37.6 Å². The quantitative estimate of drug-likeness (QED) is 0.828. The van der Waals surface area contributed by atoms with Gasteiger partial charge >= 0.3 is 0 Å². The zero-order valence-corrected chi connectivity index (χ0v) is 11.7. The molecule has 1 unspecified atom stereocenters. The molecule has 0 aromatic carbocycles. The molecule has 1 rings (SSSR count). The molecule has 0 aliphatic rings. The third-order valence-electron chi connectivity index (χ3n) is 2.67. The molecule has 1 heterocycles. The smallest absolute Gasteiger partial charge is 0.0534 e. The van der Waals surface area contributed by atoms with Crippen LogP contribution in [0.5, 0.6) is 0 Å². The SMILES string of the molecule is COCCC(C)n1cc(CNC(C)(C)C)cn1. The van der Waals surface area contributed by atoms with Crippen molar-refractivity contribution in [1.82, 2.24) is 15.1 Å². The van der Waals surface area contributed by atoms with Crippen molar-refractivity contribution in [2.45, 2.75) is 52.2 Å². The number of nitrogens with one attached hydrogen (secondary N) is 1. The lowest BCUT2D eigenvalue weighted by atomic mass is 10.1. The summed E-state index contributed by atoms with van der Waals surface area (Å²) in [7, 11) is 1.73. The van der Waals surface area contributed by atoms with Crippen molar-refractivity contribution in [2.24, 2.45) is 0 Å². The highest BCUT2D eigenvalue weighted by atomic mass is 16.5. The third-order valence-corrected chi connectivity index (χ3v) is 2.67. The monoisotopic (exact) mass is 239 g/mol. The number of hydrogen-bond donors (Lipinski definition) is 1. The minimum atomic E-state index is 0.143. The Morgan fingerprint density at radius 3 is 2.76 bits per heavy atom. The predicted octanol–water partition coefficient (Wildman–Crippen LogP) is 2.37.